The van der Waals surface area contributed by atoms with Crippen LogP contribution in [0.3, 0.4) is 0 Å². The van der Waals surface area contributed by atoms with E-state index in [4.69, 9.17) is 13.7 Å². The minimum absolute atomic E-state index is 0.438. The first-order valence-corrected chi connectivity index (χ1v) is 8.58. The molecule has 14 heteroatoms. The summed E-state index contributed by atoms with van der Waals surface area (Å²) in [4.78, 5) is -1.80. The molecule has 0 atom stereocenters. The molecule has 1 rings (SSSR count). The summed E-state index contributed by atoms with van der Waals surface area (Å²) in [6, 6.07) is 1.62. The van der Waals surface area contributed by atoms with Crippen LogP contribution in [-0.4, -0.2) is 38.9 Å². The Labute approximate surface area is 113 Å². The van der Waals surface area contributed by atoms with Crippen molar-refractivity contribution in [3.05, 3.63) is 18.2 Å². The third-order valence-electron chi connectivity index (χ3n) is 1.76. The summed E-state index contributed by atoms with van der Waals surface area (Å²) >= 11 is 0. The zero-order valence-electron chi connectivity index (χ0n) is 9.14. The molecular weight excluding hydrogens is 340 g/mol. The van der Waals surface area contributed by atoms with E-state index < -0.39 is 46.0 Å². The fourth-order valence-electron chi connectivity index (χ4n) is 1.05. The predicted octanol–water partition coefficient (Wildman–Crippen LogP) is 0.0665. The summed E-state index contributed by atoms with van der Waals surface area (Å²) in [5.74, 6) is 0. The van der Waals surface area contributed by atoms with Crippen LogP contribution in [0.4, 0.5) is 5.69 Å². The Morgan fingerprint density at radius 1 is 0.850 bits per heavy atom. The van der Waals surface area contributed by atoms with E-state index in [2.05, 4.69) is 9.63 Å². The molecule has 0 aliphatic heterocycles. The lowest BCUT2D eigenvalue weighted by Gasteiger charge is -2.03. The van der Waals surface area contributed by atoms with Crippen LogP contribution in [0.15, 0.2) is 37.6 Å². The molecule has 11 nitrogen and oxygen atoms in total. The van der Waals surface area contributed by atoms with E-state index in [0.717, 1.165) is 0 Å². The molecule has 0 amide bonds. The minimum atomic E-state index is -4.96. The molecule has 1 aromatic rings. The summed E-state index contributed by atoms with van der Waals surface area (Å²) in [6.07, 6.45) is 0. The number of nitrogens with zero attached hydrogens (tertiary/aromatic N) is 2. The smallest absolute Gasteiger partial charge is 0.282 e. The molecule has 3 N–H and O–H groups in total. The molecule has 0 aromatic heterocycles. The molecule has 0 saturated heterocycles. The van der Waals surface area contributed by atoms with Crippen molar-refractivity contribution in [1.29, 1.82) is 0 Å². The topological polar surface area (TPSA) is 188 Å². The van der Waals surface area contributed by atoms with E-state index in [0.29, 0.717) is 18.2 Å². The van der Waals surface area contributed by atoms with Gasteiger partial charge in [0.2, 0.25) is 0 Å². The Kier molecular flexibility index (Phi) is 4.28. The molecular formula is C6H6N2O9S3. The standard InChI is InChI=1S/C6H6N2O9S3/c9-18(10,11)4-1-2-6(19(12,13)14)5(3-4)7-8-20(15,16)17/h1-3H,(H,9,10,11)(H,12,13,14)(H,15,16,17). The van der Waals surface area contributed by atoms with Crippen molar-refractivity contribution >= 4 is 36.2 Å². The van der Waals surface area contributed by atoms with Crippen LogP contribution >= 0.6 is 0 Å². The fourth-order valence-corrected chi connectivity index (χ4v) is 2.35. The molecule has 0 aliphatic rings. The monoisotopic (exact) mass is 346 g/mol. The van der Waals surface area contributed by atoms with E-state index in [1.165, 1.54) is 0 Å². The van der Waals surface area contributed by atoms with Crippen LogP contribution in [0.2, 0.25) is 0 Å². The van der Waals surface area contributed by atoms with Crippen molar-refractivity contribution in [3.63, 3.8) is 0 Å². The molecule has 0 saturated carbocycles. The quantitative estimate of drug-likeness (QED) is 0.500. The van der Waals surface area contributed by atoms with Gasteiger partial charge in [-0.25, -0.2) is 0 Å². The molecule has 0 radical (unpaired) electrons. The van der Waals surface area contributed by atoms with Crippen molar-refractivity contribution in [2.75, 3.05) is 0 Å². The summed E-state index contributed by atoms with van der Waals surface area (Å²) in [5, 5.41) is 2.79. The second-order valence-electron chi connectivity index (χ2n) is 3.21. The SMILES string of the molecule is O=S(=O)(O)N=Nc1cc(S(=O)(=O)O)ccc1S(=O)(=O)O. The maximum atomic E-state index is 11.0. The van der Waals surface area contributed by atoms with Crippen LogP contribution in [0.1, 0.15) is 0 Å². The van der Waals surface area contributed by atoms with Crippen molar-refractivity contribution in [2.24, 2.45) is 9.63 Å². The summed E-state index contributed by atoms with van der Waals surface area (Å²) in [7, 11) is -14.6. The van der Waals surface area contributed by atoms with Crippen molar-refractivity contribution < 1.29 is 38.9 Å². The van der Waals surface area contributed by atoms with Gasteiger partial charge in [0.1, 0.15) is 10.6 Å². The second kappa shape index (κ2) is 5.15. The number of benzene rings is 1. The van der Waals surface area contributed by atoms with Crippen LogP contribution in [0.25, 0.3) is 0 Å². The predicted molar refractivity (Wildman–Crippen MR) is 62.1 cm³/mol. The summed E-state index contributed by atoms with van der Waals surface area (Å²) in [5.41, 5.74) is -0.916. The Bertz CT molecular complexity index is 866. The lowest BCUT2D eigenvalue weighted by Crippen LogP contribution is -2.02. The summed E-state index contributed by atoms with van der Waals surface area (Å²) < 4.78 is 92.6. The van der Waals surface area contributed by atoms with Crippen molar-refractivity contribution in [2.45, 2.75) is 9.79 Å². The zero-order chi connectivity index (χ0) is 15.8. The maximum absolute atomic E-state index is 11.0. The molecule has 112 valence electrons. The number of hydrogen-bond donors (Lipinski definition) is 3. The Morgan fingerprint density at radius 3 is 1.80 bits per heavy atom. The largest absolute Gasteiger partial charge is 0.396 e. The highest BCUT2D eigenvalue weighted by atomic mass is 32.2. The van der Waals surface area contributed by atoms with E-state index in [-0.39, 0.29) is 0 Å². The molecule has 0 unspecified atom stereocenters. The van der Waals surface area contributed by atoms with Gasteiger partial charge in [0.25, 0.3) is 20.2 Å². The third-order valence-corrected chi connectivity index (χ3v) is 3.80. The van der Waals surface area contributed by atoms with Gasteiger partial charge in [0.15, 0.2) is 0 Å². The second-order valence-corrected chi connectivity index (χ2v) is 7.08. The highest BCUT2D eigenvalue weighted by Crippen LogP contribution is 2.28. The molecule has 0 bridgehead atoms. The highest BCUT2D eigenvalue weighted by molar-refractivity contribution is 7.86. The molecule has 0 aliphatic carbocycles. The van der Waals surface area contributed by atoms with Gasteiger partial charge < -0.3 is 0 Å². The van der Waals surface area contributed by atoms with Gasteiger partial charge in [0.05, 0.1) is 4.90 Å². The van der Waals surface area contributed by atoms with E-state index in [1.54, 1.807) is 0 Å². The van der Waals surface area contributed by atoms with Gasteiger partial charge in [-0.2, -0.15) is 25.3 Å². The molecule has 20 heavy (non-hydrogen) atoms. The number of hydrogen-bond acceptors (Lipinski definition) is 7. The first-order valence-electron chi connectivity index (χ1n) is 4.30. The highest BCUT2D eigenvalue weighted by Gasteiger charge is 2.20. The average molecular weight is 346 g/mol. The average Bonchev–Trinajstić information content (AvgIpc) is 2.22. The van der Waals surface area contributed by atoms with Crippen molar-refractivity contribution in [3.8, 4) is 0 Å². The molecule has 0 heterocycles. The maximum Gasteiger partial charge on any atom is 0.396 e. The van der Waals surface area contributed by atoms with E-state index >= 15 is 0 Å². The fraction of sp³-hybridized carbons (Fsp3) is 0. The summed E-state index contributed by atoms with van der Waals surface area (Å²) in [6.45, 7) is 0. The lowest BCUT2D eigenvalue weighted by atomic mass is 10.3. The molecule has 1 aromatic carbocycles. The molecule has 0 spiro atoms. The van der Waals surface area contributed by atoms with Gasteiger partial charge >= 0.3 is 10.3 Å². The normalized spacial score (nSPS) is 13.8. The zero-order valence-corrected chi connectivity index (χ0v) is 11.6. The Hall–Kier alpha value is -1.45. The van der Waals surface area contributed by atoms with Gasteiger partial charge in [-0.15, -0.1) is 5.11 Å². The van der Waals surface area contributed by atoms with Crippen LogP contribution in [0.5, 0.6) is 0 Å². The molecule has 0 fully saturated rings. The van der Waals surface area contributed by atoms with Crippen LogP contribution < -0.4 is 0 Å². The van der Waals surface area contributed by atoms with E-state index in [9.17, 15) is 25.3 Å². The number of rotatable bonds is 4. The van der Waals surface area contributed by atoms with Gasteiger partial charge in [-0.1, -0.05) is 0 Å². The van der Waals surface area contributed by atoms with Crippen molar-refractivity contribution in [1.82, 2.24) is 0 Å². The third kappa shape index (κ3) is 4.58. The van der Waals surface area contributed by atoms with E-state index in [1.807, 2.05) is 0 Å². The minimum Gasteiger partial charge on any atom is -0.282 e. The Morgan fingerprint density at radius 2 is 1.40 bits per heavy atom. The van der Waals surface area contributed by atoms with Crippen LogP contribution in [0, 0.1) is 0 Å². The van der Waals surface area contributed by atoms with Crippen LogP contribution in [-0.2, 0) is 30.5 Å². The first-order chi connectivity index (χ1) is 8.81. The first kappa shape index (κ1) is 16.6. The van der Waals surface area contributed by atoms with Gasteiger partial charge in [0, 0.05) is 0 Å². The van der Waals surface area contributed by atoms with Gasteiger partial charge in [-0.05, 0) is 22.7 Å². The van der Waals surface area contributed by atoms with Gasteiger partial charge in [-0.3, -0.25) is 13.7 Å². The lowest BCUT2D eigenvalue weighted by molar-refractivity contribution is 0.477. The Balaban J connectivity index is 3.63.